The number of carbonyl (C=O) groups is 4. The van der Waals surface area contributed by atoms with Crippen molar-refractivity contribution in [3.63, 3.8) is 0 Å². The Kier molecular flexibility index (Phi) is 5.26. The zero-order valence-electron chi connectivity index (χ0n) is 22.9. The number of hydrogen-bond acceptors (Lipinski definition) is 8. The topological polar surface area (TPSA) is 111 Å². The number of ketones is 2. The van der Waals surface area contributed by atoms with Crippen LogP contribution in [0.5, 0.6) is 11.5 Å². The van der Waals surface area contributed by atoms with Gasteiger partial charge in [0.1, 0.15) is 11.5 Å². The van der Waals surface area contributed by atoms with Gasteiger partial charge >= 0.3 is 0 Å². The molecule has 42 heavy (non-hydrogen) atoms. The minimum Gasteiger partial charge on any atom is -0.457 e. The van der Waals surface area contributed by atoms with Crippen LogP contribution in [0.15, 0.2) is 54.6 Å². The summed E-state index contributed by atoms with van der Waals surface area (Å²) < 4.78 is 6.56. The summed E-state index contributed by atoms with van der Waals surface area (Å²) >= 11 is 0. The summed E-state index contributed by atoms with van der Waals surface area (Å²) in [6, 6.07) is 16.7. The molecule has 5 aliphatic rings. The Morgan fingerprint density at radius 2 is 1.33 bits per heavy atom. The summed E-state index contributed by atoms with van der Waals surface area (Å²) in [5.74, 6) is -0.328. The van der Waals surface area contributed by atoms with Gasteiger partial charge in [-0.3, -0.25) is 29.5 Å². The van der Waals surface area contributed by atoms with E-state index >= 15 is 0 Å². The quantitative estimate of drug-likeness (QED) is 0.370. The normalized spacial score (nSPS) is 19.8. The van der Waals surface area contributed by atoms with Gasteiger partial charge in [-0.2, -0.15) is 0 Å². The molecule has 0 unspecified atom stereocenters. The highest BCUT2D eigenvalue weighted by Gasteiger charge is 2.56. The summed E-state index contributed by atoms with van der Waals surface area (Å²) in [4.78, 5) is 57.1. The van der Waals surface area contributed by atoms with Gasteiger partial charge in [0, 0.05) is 84.8 Å². The van der Waals surface area contributed by atoms with Gasteiger partial charge in [-0.05, 0) is 42.7 Å². The van der Waals surface area contributed by atoms with Crippen molar-refractivity contribution in [2.75, 3.05) is 42.5 Å². The van der Waals surface area contributed by atoms with E-state index in [1.807, 2.05) is 36.4 Å². The number of anilines is 2. The molecule has 9 nitrogen and oxygen atoms in total. The number of nitrogens with one attached hydrogen (secondary N) is 1. The first-order valence-corrected chi connectivity index (χ1v) is 14.5. The lowest BCUT2D eigenvalue weighted by Gasteiger charge is -2.40. The summed E-state index contributed by atoms with van der Waals surface area (Å²) in [5, 5.41) is 9.32. The average molecular weight is 561 g/mol. The minimum absolute atomic E-state index is 0.0915. The molecular weight excluding hydrogens is 532 g/mol. The monoisotopic (exact) mass is 560 g/mol. The van der Waals surface area contributed by atoms with Crippen LogP contribution >= 0.6 is 0 Å². The minimum atomic E-state index is -1.27. The standard InChI is InChI=1S/C33H28N4O5/c34-32-31(41)22-6-3-19(26(38)18-37-29(39)9-10-30(37)40)15-25(22)33(32)23-7-4-20(35-11-1-12-35)16-27(23)42-28-17-21(5-8-24(28)33)36-13-2-14-36/h3-8,15-17,34H,1-2,9-14,18H2. The van der Waals surface area contributed by atoms with Crippen molar-refractivity contribution in [2.24, 2.45) is 0 Å². The maximum absolute atomic E-state index is 13.7. The Balaban J connectivity index is 1.31. The summed E-state index contributed by atoms with van der Waals surface area (Å²) in [5.41, 5.74) is 3.24. The predicted molar refractivity (Wildman–Crippen MR) is 155 cm³/mol. The Hall–Kier alpha value is -4.79. The number of ether oxygens (including phenoxy) is 1. The maximum atomic E-state index is 13.7. The van der Waals surface area contributed by atoms with Gasteiger partial charge in [-0.25, -0.2) is 0 Å². The number of nitrogens with zero attached hydrogens (tertiary/aromatic N) is 3. The number of carbonyl (C=O) groups excluding carboxylic acids is 4. The van der Waals surface area contributed by atoms with E-state index in [1.54, 1.807) is 18.2 Å². The molecule has 4 heterocycles. The lowest BCUT2D eigenvalue weighted by atomic mass is 9.67. The maximum Gasteiger partial charge on any atom is 0.230 e. The second-order valence-corrected chi connectivity index (χ2v) is 11.7. The second kappa shape index (κ2) is 8.85. The van der Waals surface area contributed by atoms with Crippen molar-refractivity contribution >= 4 is 40.5 Å². The average Bonchev–Trinajstić information content (AvgIpc) is 3.35. The van der Waals surface area contributed by atoms with Gasteiger partial charge < -0.3 is 14.5 Å². The van der Waals surface area contributed by atoms with Crippen LogP contribution in [0.4, 0.5) is 11.4 Å². The molecule has 3 aromatic carbocycles. The summed E-state index contributed by atoms with van der Waals surface area (Å²) in [7, 11) is 0. The van der Waals surface area contributed by atoms with E-state index in [9.17, 15) is 24.6 Å². The van der Waals surface area contributed by atoms with Crippen molar-refractivity contribution in [1.82, 2.24) is 4.90 Å². The van der Waals surface area contributed by atoms with E-state index < -0.39 is 17.0 Å². The highest BCUT2D eigenvalue weighted by atomic mass is 16.5. The lowest BCUT2D eigenvalue weighted by Crippen LogP contribution is -2.40. The highest BCUT2D eigenvalue weighted by Crippen LogP contribution is 2.57. The van der Waals surface area contributed by atoms with E-state index in [-0.39, 0.29) is 42.5 Å². The van der Waals surface area contributed by atoms with Crippen molar-refractivity contribution in [1.29, 1.82) is 5.41 Å². The molecule has 3 fully saturated rings. The van der Waals surface area contributed by atoms with E-state index in [0.29, 0.717) is 33.8 Å². The number of fused-ring (bicyclic) bond motifs is 6. The molecule has 0 saturated carbocycles. The number of imide groups is 1. The van der Waals surface area contributed by atoms with Crippen molar-refractivity contribution < 1.29 is 23.9 Å². The van der Waals surface area contributed by atoms with Gasteiger partial charge in [0.25, 0.3) is 0 Å². The van der Waals surface area contributed by atoms with Crippen LogP contribution in [0.2, 0.25) is 0 Å². The Labute approximate surface area is 242 Å². The van der Waals surface area contributed by atoms with Gasteiger partial charge in [0.05, 0.1) is 17.7 Å². The first kappa shape index (κ1) is 25.0. The SMILES string of the molecule is N=C1C(=O)c2ccc(C(=O)CN3C(=O)CCC3=O)cc2C12c1ccc(N3CCC3)cc1Oc1cc(N3CCC3)ccc12. The molecule has 210 valence electrons. The molecule has 9 heteroatoms. The smallest absolute Gasteiger partial charge is 0.230 e. The second-order valence-electron chi connectivity index (χ2n) is 11.7. The lowest BCUT2D eigenvalue weighted by molar-refractivity contribution is -0.137. The Bertz CT molecular complexity index is 1690. The van der Waals surface area contributed by atoms with Crippen molar-refractivity contribution in [3.8, 4) is 11.5 Å². The van der Waals surface area contributed by atoms with Crippen molar-refractivity contribution in [2.45, 2.75) is 31.1 Å². The third-order valence-corrected chi connectivity index (χ3v) is 9.45. The van der Waals surface area contributed by atoms with Crippen LogP contribution in [-0.4, -0.2) is 66.7 Å². The fraction of sp³-hybridized carbons (Fsp3) is 0.303. The molecule has 0 bridgehead atoms. The van der Waals surface area contributed by atoms with E-state index in [1.165, 1.54) is 0 Å². The van der Waals surface area contributed by atoms with Crippen LogP contribution in [0.25, 0.3) is 0 Å². The number of rotatable bonds is 5. The first-order chi connectivity index (χ1) is 20.4. The molecule has 1 N–H and O–H groups in total. The first-order valence-electron chi connectivity index (χ1n) is 14.5. The van der Waals surface area contributed by atoms with Crippen LogP contribution in [-0.2, 0) is 15.0 Å². The zero-order valence-corrected chi connectivity index (χ0v) is 22.9. The fourth-order valence-corrected chi connectivity index (χ4v) is 6.88. The number of Topliss-reactive ketones (excluding diaryl/α,β-unsaturated/α-hetero) is 2. The third-order valence-electron chi connectivity index (χ3n) is 9.45. The largest absolute Gasteiger partial charge is 0.457 e. The van der Waals surface area contributed by atoms with Gasteiger partial charge in [-0.15, -0.1) is 0 Å². The van der Waals surface area contributed by atoms with Crippen LogP contribution < -0.4 is 14.5 Å². The molecular formula is C33H28N4O5. The van der Waals surface area contributed by atoms with Crippen LogP contribution in [0.1, 0.15) is 63.1 Å². The highest BCUT2D eigenvalue weighted by molar-refractivity contribution is 6.53. The third kappa shape index (κ3) is 3.33. The number of hydrogen-bond donors (Lipinski definition) is 1. The van der Waals surface area contributed by atoms with E-state index in [2.05, 4.69) is 9.80 Å². The molecule has 0 aromatic heterocycles. The molecule has 3 aromatic rings. The number of benzene rings is 3. The Morgan fingerprint density at radius 1 is 0.762 bits per heavy atom. The predicted octanol–water partition coefficient (Wildman–Crippen LogP) is 4.09. The molecule has 1 spiro atoms. The number of likely N-dealkylation sites (tertiary alicyclic amines) is 1. The number of amides is 2. The van der Waals surface area contributed by atoms with Gasteiger partial charge in [0.2, 0.25) is 17.6 Å². The summed E-state index contributed by atoms with van der Waals surface area (Å²) in [6.45, 7) is 3.51. The van der Waals surface area contributed by atoms with E-state index in [0.717, 1.165) is 55.3 Å². The molecule has 8 rings (SSSR count). The summed E-state index contributed by atoms with van der Waals surface area (Å²) in [6.07, 6.45) is 2.47. The Morgan fingerprint density at radius 3 is 1.86 bits per heavy atom. The molecule has 1 aliphatic carbocycles. The van der Waals surface area contributed by atoms with Gasteiger partial charge in [0.15, 0.2) is 5.78 Å². The molecule has 3 saturated heterocycles. The van der Waals surface area contributed by atoms with Crippen LogP contribution in [0, 0.1) is 5.41 Å². The molecule has 4 aliphatic heterocycles. The van der Waals surface area contributed by atoms with Gasteiger partial charge in [-0.1, -0.05) is 18.2 Å². The molecule has 0 radical (unpaired) electrons. The molecule has 2 amide bonds. The fourth-order valence-electron chi connectivity index (χ4n) is 6.88. The zero-order chi connectivity index (χ0) is 28.7. The van der Waals surface area contributed by atoms with Crippen LogP contribution in [0.3, 0.4) is 0 Å². The molecule has 0 atom stereocenters. The van der Waals surface area contributed by atoms with E-state index in [4.69, 9.17) is 4.74 Å². The van der Waals surface area contributed by atoms with Crippen molar-refractivity contribution in [3.05, 3.63) is 82.4 Å².